The lowest BCUT2D eigenvalue weighted by atomic mass is 9.84. The van der Waals surface area contributed by atoms with Crippen molar-refractivity contribution in [3.63, 3.8) is 0 Å². The number of hydrogen-bond donors (Lipinski definition) is 0. The van der Waals surface area contributed by atoms with Crippen LogP contribution in [0.15, 0.2) is 89.5 Å². The first-order valence-electron chi connectivity index (χ1n) is 13.1. The molecule has 0 saturated carbocycles. The van der Waals surface area contributed by atoms with Crippen molar-refractivity contribution in [1.29, 1.82) is 0 Å². The van der Waals surface area contributed by atoms with Crippen LogP contribution in [0.2, 0.25) is 0 Å². The van der Waals surface area contributed by atoms with E-state index < -0.39 is 5.66 Å². The highest BCUT2D eigenvalue weighted by Gasteiger charge is 2.73. The van der Waals surface area contributed by atoms with Crippen molar-refractivity contribution in [2.45, 2.75) is 26.4 Å². The molecule has 1 atom stereocenters. The molecule has 3 aromatic carbocycles. The number of aromatic nitrogens is 5. The topological polar surface area (TPSA) is 60.8 Å². The van der Waals surface area contributed by atoms with Crippen LogP contribution >= 0.6 is 0 Å². The molecule has 0 aliphatic carbocycles. The second-order valence-electron chi connectivity index (χ2n) is 10.5. The van der Waals surface area contributed by atoms with E-state index in [0.717, 1.165) is 56.3 Å². The van der Waals surface area contributed by atoms with E-state index in [-0.39, 0.29) is 0 Å². The van der Waals surface area contributed by atoms with Crippen LogP contribution in [0.25, 0.3) is 39.9 Å². The smallest absolute Gasteiger partial charge is 0.447 e. The number of ether oxygens (including phenoxy) is 1. The Balaban J connectivity index is 1.42. The number of hydrogen-bond acceptors (Lipinski definition) is 4. The number of nitrogens with zero attached hydrogens (tertiary/aromatic N) is 5. The maximum Gasteiger partial charge on any atom is 0.447 e. The predicted octanol–water partition coefficient (Wildman–Crippen LogP) is 5.39. The van der Waals surface area contributed by atoms with Crippen molar-refractivity contribution in [1.82, 2.24) is 14.9 Å². The predicted molar refractivity (Wildman–Crippen MR) is 143 cm³/mol. The van der Waals surface area contributed by atoms with Crippen LogP contribution in [0.3, 0.4) is 0 Å². The lowest BCUT2D eigenvalue weighted by molar-refractivity contribution is -0.990. The normalized spacial score (nSPS) is 16.9. The molecule has 6 aromatic rings. The molecular formula is C32H23N5O2+2. The molecule has 1 spiro atoms. The molecule has 0 amide bonds. The first-order valence-corrected chi connectivity index (χ1v) is 13.1. The van der Waals surface area contributed by atoms with Gasteiger partial charge in [0.15, 0.2) is 23.1 Å². The lowest BCUT2D eigenvalue weighted by Crippen LogP contribution is -2.74. The summed E-state index contributed by atoms with van der Waals surface area (Å²) in [6.45, 7) is 6.43. The summed E-state index contributed by atoms with van der Waals surface area (Å²) in [6, 6.07) is 27.1. The summed E-state index contributed by atoms with van der Waals surface area (Å²) >= 11 is 0. The third kappa shape index (κ3) is 2.31. The number of fused-ring (bicyclic) bond motifs is 4. The summed E-state index contributed by atoms with van der Waals surface area (Å²) in [5.41, 5.74) is 10.1. The van der Waals surface area contributed by atoms with Gasteiger partial charge in [0.2, 0.25) is 17.3 Å². The first-order chi connectivity index (χ1) is 19.1. The van der Waals surface area contributed by atoms with Gasteiger partial charge in [-0.05, 0) is 60.5 Å². The Morgan fingerprint density at radius 3 is 2.51 bits per heavy atom. The van der Waals surface area contributed by atoms with E-state index >= 15 is 0 Å². The highest BCUT2D eigenvalue weighted by atomic mass is 16.5. The van der Waals surface area contributed by atoms with Gasteiger partial charge in [-0.1, -0.05) is 24.3 Å². The molecule has 186 valence electrons. The summed E-state index contributed by atoms with van der Waals surface area (Å²) in [5, 5.41) is 8.93. The Kier molecular flexibility index (Phi) is 3.70. The summed E-state index contributed by atoms with van der Waals surface area (Å²) in [7, 11) is 0. The van der Waals surface area contributed by atoms with Gasteiger partial charge in [-0.2, -0.15) is 0 Å². The molecule has 9 rings (SSSR count). The van der Waals surface area contributed by atoms with Crippen molar-refractivity contribution < 1.29 is 18.4 Å². The van der Waals surface area contributed by atoms with E-state index in [1.807, 2.05) is 30.3 Å². The van der Waals surface area contributed by atoms with Gasteiger partial charge in [-0.15, -0.1) is 19.4 Å². The Morgan fingerprint density at radius 1 is 0.821 bits per heavy atom. The van der Waals surface area contributed by atoms with E-state index in [2.05, 4.69) is 99.6 Å². The minimum Gasteiger partial charge on any atom is -0.455 e. The monoisotopic (exact) mass is 509 g/mol. The van der Waals surface area contributed by atoms with Gasteiger partial charge in [0.1, 0.15) is 11.4 Å². The molecular weight excluding hydrogens is 486 g/mol. The Morgan fingerprint density at radius 2 is 1.64 bits per heavy atom. The molecule has 1 unspecified atom stereocenters. The van der Waals surface area contributed by atoms with Crippen LogP contribution in [-0.2, 0) is 5.66 Å². The Labute approximate surface area is 224 Å². The van der Waals surface area contributed by atoms with E-state index in [1.54, 1.807) is 0 Å². The second-order valence-corrected chi connectivity index (χ2v) is 10.5. The van der Waals surface area contributed by atoms with E-state index in [1.165, 1.54) is 11.4 Å². The van der Waals surface area contributed by atoms with Crippen molar-refractivity contribution in [3.8, 4) is 51.4 Å². The SMILES string of the molecule is Cc1cc2c3c(c1-c1nnc(-c4ccccc4)o1)Oc1cccc4c1C3([n+]1ccccc1-2)[n+]1c(C)cc(C)n1-4. The minimum absolute atomic E-state index is 0.450. The van der Waals surface area contributed by atoms with Crippen molar-refractivity contribution in [2.75, 3.05) is 0 Å². The zero-order chi connectivity index (χ0) is 26.0. The van der Waals surface area contributed by atoms with Gasteiger partial charge in [0.25, 0.3) is 5.89 Å². The summed E-state index contributed by atoms with van der Waals surface area (Å²) in [6.07, 6.45) is 2.19. The number of rotatable bonds is 2. The lowest BCUT2D eigenvalue weighted by Gasteiger charge is -2.26. The van der Waals surface area contributed by atoms with E-state index in [4.69, 9.17) is 9.15 Å². The molecule has 3 aliphatic heterocycles. The van der Waals surface area contributed by atoms with Crippen LogP contribution in [-0.4, -0.2) is 14.9 Å². The molecule has 0 bridgehead atoms. The van der Waals surface area contributed by atoms with Crippen molar-refractivity contribution >= 4 is 0 Å². The molecule has 39 heavy (non-hydrogen) atoms. The summed E-state index contributed by atoms with van der Waals surface area (Å²) in [4.78, 5) is 0. The quantitative estimate of drug-likeness (QED) is 0.293. The fraction of sp³-hybridized carbons (Fsp3) is 0.125. The third-order valence-corrected chi connectivity index (χ3v) is 8.36. The highest BCUT2D eigenvalue weighted by Crippen LogP contribution is 2.58. The van der Waals surface area contributed by atoms with Crippen molar-refractivity contribution in [3.05, 3.63) is 113 Å². The van der Waals surface area contributed by atoms with Gasteiger partial charge in [0, 0.05) is 30.7 Å². The zero-order valence-corrected chi connectivity index (χ0v) is 21.6. The fourth-order valence-corrected chi connectivity index (χ4v) is 7.03. The number of pyridine rings is 1. The Hall–Kier alpha value is -5.04. The summed E-state index contributed by atoms with van der Waals surface area (Å²) < 4.78 is 20.3. The highest BCUT2D eigenvalue weighted by molar-refractivity contribution is 5.84. The van der Waals surface area contributed by atoms with E-state index in [9.17, 15) is 0 Å². The molecule has 3 aromatic heterocycles. The molecule has 0 saturated heterocycles. The van der Waals surface area contributed by atoms with Gasteiger partial charge in [-0.25, -0.2) is 0 Å². The second kappa shape index (κ2) is 6.88. The minimum atomic E-state index is -0.644. The fourth-order valence-electron chi connectivity index (χ4n) is 7.03. The van der Waals surface area contributed by atoms with Gasteiger partial charge in [-0.3, -0.25) is 0 Å². The standard InChI is InChI=1S/C32H23N5O2/c1-18-16-22-23-12-7-8-15-35(23)32-27(22)29(26(18)31-34-33-30(39-31)21-10-5-4-6-11-21)38-25-14-9-13-24(28(25)32)36-19(2)17-20(3)37(32)36/h4-17H,1-3H3/q+2. The number of aryl methyl sites for hydroxylation is 3. The van der Waals surface area contributed by atoms with E-state index in [0.29, 0.717) is 11.8 Å². The number of benzene rings is 3. The molecule has 7 heteroatoms. The Bertz CT molecular complexity index is 2040. The molecule has 7 nitrogen and oxygen atoms in total. The zero-order valence-electron chi connectivity index (χ0n) is 21.6. The van der Waals surface area contributed by atoms with Crippen molar-refractivity contribution in [2.24, 2.45) is 0 Å². The molecule has 0 radical (unpaired) electrons. The van der Waals surface area contributed by atoms with Gasteiger partial charge in [0.05, 0.1) is 16.8 Å². The maximum absolute atomic E-state index is 6.88. The summed E-state index contributed by atoms with van der Waals surface area (Å²) in [5.74, 6) is 2.53. The maximum atomic E-state index is 6.88. The molecule has 6 heterocycles. The molecule has 0 N–H and O–H groups in total. The molecule has 3 aliphatic rings. The largest absolute Gasteiger partial charge is 0.455 e. The first kappa shape index (κ1) is 21.0. The van der Waals surface area contributed by atoms with Crippen LogP contribution in [0.5, 0.6) is 11.5 Å². The average molecular weight is 510 g/mol. The van der Waals surface area contributed by atoms with Crippen LogP contribution in [0, 0.1) is 20.8 Å². The average Bonchev–Trinajstić information content (AvgIpc) is 3.69. The van der Waals surface area contributed by atoms with Crippen LogP contribution < -0.4 is 14.0 Å². The van der Waals surface area contributed by atoms with Crippen LogP contribution in [0.4, 0.5) is 0 Å². The van der Waals surface area contributed by atoms with Gasteiger partial charge < -0.3 is 9.15 Å². The van der Waals surface area contributed by atoms with Gasteiger partial charge >= 0.3 is 5.66 Å². The third-order valence-electron chi connectivity index (χ3n) is 8.36. The molecule has 0 fully saturated rings. The van der Waals surface area contributed by atoms with Crippen LogP contribution in [0.1, 0.15) is 28.1 Å².